The van der Waals surface area contributed by atoms with Crippen LogP contribution in [0.1, 0.15) is 70.9 Å². The number of rotatable bonds is 13. The van der Waals surface area contributed by atoms with Gasteiger partial charge in [-0.3, -0.25) is 10.2 Å². The Hall–Kier alpha value is -2.65. The highest BCUT2D eigenvalue weighted by atomic mass is 16.6. The van der Waals surface area contributed by atoms with Gasteiger partial charge in [-0.2, -0.15) is 0 Å². The van der Waals surface area contributed by atoms with E-state index in [0.29, 0.717) is 25.9 Å². The van der Waals surface area contributed by atoms with Crippen LogP contribution in [0.4, 0.5) is 0 Å². The largest absolute Gasteiger partial charge is 0.462 e. The molecule has 0 amide bonds. The predicted octanol–water partition coefficient (Wildman–Crippen LogP) is 3.60. The monoisotopic (exact) mass is 505 g/mol. The molecule has 0 spiro atoms. The lowest BCUT2D eigenvalue weighted by molar-refractivity contribution is -0.184. The standard InChI is InChI=1S/C27H43N3O6/c1-6-27(5,35-16-20-10-8-19(3)9-11-20)24(32)34-18-26(4,17-33-7-2)23(31)36-22-14-12-21(13-15-22)30-25(28)29/h8-11,21-22H,6-7,12-18H2,1-5H3,(H4,28,29,30). The second-order valence-corrected chi connectivity index (χ2v) is 10.1. The fraction of sp³-hybridized carbons (Fsp3) is 0.667. The van der Waals surface area contributed by atoms with Gasteiger partial charge in [0.2, 0.25) is 0 Å². The van der Waals surface area contributed by atoms with E-state index in [1.165, 1.54) is 0 Å². The summed E-state index contributed by atoms with van der Waals surface area (Å²) in [6.45, 7) is 9.71. The molecule has 0 saturated heterocycles. The van der Waals surface area contributed by atoms with Crippen molar-refractivity contribution in [1.29, 1.82) is 5.41 Å². The SMILES string of the molecule is CCOCC(C)(COC(=O)C(C)(CC)OCc1ccc(C)cc1)C(=O)OC1CCC(NC(=N)N)CC1. The summed E-state index contributed by atoms with van der Waals surface area (Å²) in [5, 5.41) is 10.3. The van der Waals surface area contributed by atoms with Gasteiger partial charge in [0.1, 0.15) is 18.1 Å². The van der Waals surface area contributed by atoms with Crippen molar-refractivity contribution in [3.63, 3.8) is 0 Å². The molecule has 2 unspecified atom stereocenters. The number of hydrogen-bond acceptors (Lipinski definition) is 7. The molecule has 0 radical (unpaired) electrons. The van der Waals surface area contributed by atoms with Crippen LogP contribution < -0.4 is 11.1 Å². The summed E-state index contributed by atoms with van der Waals surface area (Å²) in [4.78, 5) is 26.2. The zero-order chi connectivity index (χ0) is 26.8. The van der Waals surface area contributed by atoms with Crippen LogP contribution in [0, 0.1) is 17.7 Å². The molecule has 1 aromatic rings. The van der Waals surface area contributed by atoms with Crippen LogP contribution in [0.3, 0.4) is 0 Å². The molecule has 1 aromatic carbocycles. The maximum absolute atomic E-state index is 13.2. The summed E-state index contributed by atoms with van der Waals surface area (Å²) >= 11 is 0. The second kappa shape index (κ2) is 13.6. The maximum Gasteiger partial charge on any atom is 0.338 e. The molecule has 2 rings (SSSR count). The molecule has 0 aromatic heterocycles. The third-order valence-corrected chi connectivity index (χ3v) is 6.73. The number of guanidine groups is 1. The van der Waals surface area contributed by atoms with Crippen LogP contribution >= 0.6 is 0 Å². The Labute approximate surface area is 214 Å². The van der Waals surface area contributed by atoms with Crippen molar-refractivity contribution in [2.45, 2.75) is 91.1 Å². The van der Waals surface area contributed by atoms with Gasteiger partial charge in [-0.25, -0.2) is 4.79 Å². The first-order chi connectivity index (χ1) is 17.0. The molecular weight excluding hydrogens is 462 g/mol. The Morgan fingerprint density at radius 2 is 1.69 bits per heavy atom. The maximum atomic E-state index is 13.2. The van der Waals surface area contributed by atoms with Crippen LogP contribution in [-0.2, 0) is 35.1 Å². The first-order valence-electron chi connectivity index (χ1n) is 12.8. The third-order valence-electron chi connectivity index (χ3n) is 6.73. The Morgan fingerprint density at radius 3 is 2.25 bits per heavy atom. The molecule has 9 nitrogen and oxygen atoms in total. The highest BCUT2D eigenvalue weighted by molar-refractivity contribution is 5.81. The number of benzene rings is 1. The molecule has 202 valence electrons. The molecule has 0 heterocycles. The lowest BCUT2D eigenvalue weighted by Crippen LogP contribution is -2.46. The molecule has 1 aliphatic rings. The number of ether oxygens (including phenoxy) is 4. The molecule has 0 bridgehead atoms. The van der Waals surface area contributed by atoms with E-state index < -0.39 is 23.0 Å². The van der Waals surface area contributed by atoms with E-state index in [2.05, 4.69) is 5.32 Å². The molecular formula is C27H43N3O6. The van der Waals surface area contributed by atoms with Gasteiger partial charge in [-0.05, 0) is 65.4 Å². The number of esters is 2. The number of hydrogen-bond donors (Lipinski definition) is 3. The minimum Gasteiger partial charge on any atom is -0.462 e. The zero-order valence-electron chi connectivity index (χ0n) is 22.4. The second-order valence-electron chi connectivity index (χ2n) is 10.1. The smallest absolute Gasteiger partial charge is 0.338 e. The van der Waals surface area contributed by atoms with Gasteiger partial charge in [0.05, 0.1) is 13.2 Å². The third kappa shape index (κ3) is 8.78. The van der Waals surface area contributed by atoms with E-state index in [1.54, 1.807) is 13.8 Å². The summed E-state index contributed by atoms with van der Waals surface area (Å²) in [6, 6.07) is 8.04. The van der Waals surface area contributed by atoms with E-state index in [0.717, 1.165) is 24.0 Å². The lowest BCUT2D eigenvalue weighted by atomic mass is 9.90. The Morgan fingerprint density at radius 1 is 1.06 bits per heavy atom. The molecule has 2 atom stereocenters. The summed E-state index contributed by atoms with van der Waals surface area (Å²) in [5.74, 6) is -1.03. The van der Waals surface area contributed by atoms with Gasteiger partial charge < -0.3 is 30.0 Å². The van der Waals surface area contributed by atoms with E-state index in [4.69, 9.17) is 30.1 Å². The van der Waals surface area contributed by atoms with Crippen molar-refractivity contribution >= 4 is 17.9 Å². The van der Waals surface area contributed by atoms with Gasteiger partial charge in [0, 0.05) is 12.6 Å². The van der Waals surface area contributed by atoms with Crippen LogP contribution in [-0.4, -0.2) is 55.5 Å². The van der Waals surface area contributed by atoms with Crippen LogP contribution in [0.15, 0.2) is 24.3 Å². The topological polar surface area (TPSA) is 133 Å². The molecule has 36 heavy (non-hydrogen) atoms. The lowest BCUT2D eigenvalue weighted by Gasteiger charge is -2.33. The van der Waals surface area contributed by atoms with E-state index in [-0.39, 0.29) is 37.9 Å². The molecule has 0 aliphatic heterocycles. The van der Waals surface area contributed by atoms with Gasteiger partial charge in [-0.15, -0.1) is 0 Å². The van der Waals surface area contributed by atoms with Gasteiger partial charge >= 0.3 is 11.9 Å². The summed E-state index contributed by atoms with van der Waals surface area (Å²) in [6.07, 6.45) is 3.02. The van der Waals surface area contributed by atoms with Gasteiger partial charge in [0.25, 0.3) is 0 Å². The minimum absolute atomic E-state index is 0.0523. The predicted molar refractivity (Wildman–Crippen MR) is 137 cm³/mol. The fourth-order valence-electron chi connectivity index (χ4n) is 3.94. The average Bonchev–Trinajstić information content (AvgIpc) is 2.86. The molecule has 4 N–H and O–H groups in total. The Bertz CT molecular complexity index is 869. The van der Waals surface area contributed by atoms with Crippen molar-refractivity contribution in [2.75, 3.05) is 19.8 Å². The van der Waals surface area contributed by atoms with E-state index in [9.17, 15) is 9.59 Å². The normalized spacial score (nSPS) is 21.0. The number of carbonyl (C=O) groups is 2. The molecule has 1 aliphatic carbocycles. The van der Waals surface area contributed by atoms with Crippen molar-refractivity contribution in [3.8, 4) is 0 Å². The average molecular weight is 506 g/mol. The van der Waals surface area contributed by atoms with Crippen LogP contribution in [0.2, 0.25) is 0 Å². The summed E-state index contributed by atoms with van der Waals surface area (Å²) < 4.78 is 23.0. The van der Waals surface area contributed by atoms with Crippen molar-refractivity contribution in [1.82, 2.24) is 5.32 Å². The number of aryl methyl sites for hydroxylation is 1. The summed E-state index contributed by atoms with van der Waals surface area (Å²) in [5.41, 5.74) is 5.24. The van der Waals surface area contributed by atoms with Crippen molar-refractivity contribution in [2.24, 2.45) is 11.1 Å². The first-order valence-corrected chi connectivity index (χ1v) is 12.8. The van der Waals surface area contributed by atoms with Crippen molar-refractivity contribution < 1.29 is 28.5 Å². The number of nitrogens with one attached hydrogen (secondary N) is 2. The summed E-state index contributed by atoms with van der Waals surface area (Å²) in [7, 11) is 0. The van der Waals surface area contributed by atoms with Crippen LogP contribution in [0.5, 0.6) is 0 Å². The highest BCUT2D eigenvalue weighted by Gasteiger charge is 2.42. The highest BCUT2D eigenvalue weighted by Crippen LogP contribution is 2.28. The number of nitrogens with two attached hydrogens (primary N) is 1. The van der Waals surface area contributed by atoms with Crippen LogP contribution in [0.25, 0.3) is 0 Å². The van der Waals surface area contributed by atoms with Crippen molar-refractivity contribution in [3.05, 3.63) is 35.4 Å². The molecule has 9 heteroatoms. The number of carbonyl (C=O) groups excluding carboxylic acids is 2. The van der Waals surface area contributed by atoms with E-state index in [1.807, 2.05) is 45.0 Å². The minimum atomic E-state index is -1.15. The quantitative estimate of drug-likeness (QED) is 0.210. The zero-order valence-corrected chi connectivity index (χ0v) is 22.4. The van der Waals surface area contributed by atoms with Gasteiger partial charge in [-0.1, -0.05) is 36.8 Å². The molecule has 1 saturated carbocycles. The van der Waals surface area contributed by atoms with E-state index >= 15 is 0 Å². The van der Waals surface area contributed by atoms with Gasteiger partial charge in [0.15, 0.2) is 11.6 Å². The Balaban J connectivity index is 1.96. The fourth-order valence-corrected chi connectivity index (χ4v) is 3.94. The first kappa shape index (κ1) is 29.6. The molecule has 1 fully saturated rings. The Kier molecular flexibility index (Phi) is 11.2.